The van der Waals surface area contributed by atoms with E-state index in [1.165, 1.54) is 27.6 Å². The molecule has 0 unspecified atom stereocenters. The maximum absolute atomic E-state index is 6.98. The molecule has 0 spiro atoms. The Balaban J connectivity index is 0.000000671. The number of hydrogen-bond donors (Lipinski definition) is 0. The van der Waals surface area contributed by atoms with Crippen LogP contribution in [-0.4, -0.2) is 0 Å². The minimum atomic E-state index is -0.648. The highest BCUT2D eigenvalue weighted by molar-refractivity contribution is 5.94. The Morgan fingerprint density at radius 3 is 1.60 bits per heavy atom. The zero-order valence-electron chi connectivity index (χ0n) is 23.1. The van der Waals surface area contributed by atoms with E-state index < -0.39 is 5.60 Å². The fraction of sp³-hybridized carbons (Fsp3) is 0.294. The molecule has 1 heteroatoms. The van der Waals surface area contributed by atoms with Crippen LogP contribution in [0.5, 0.6) is 5.75 Å². The van der Waals surface area contributed by atoms with Crippen LogP contribution in [0.25, 0.3) is 16.8 Å². The molecule has 0 aliphatic carbocycles. The van der Waals surface area contributed by atoms with Crippen molar-refractivity contribution < 1.29 is 4.74 Å². The first-order chi connectivity index (χ1) is 17.1. The van der Waals surface area contributed by atoms with E-state index >= 15 is 0 Å². The average molecular weight is 467 g/mol. The van der Waals surface area contributed by atoms with Crippen molar-refractivity contribution in [1.29, 1.82) is 0 Å². The Bertz CT molecular complexity index is 1180. The monoisotopic (exact) mass is 466 g/mol. The van der Waals surface area contributed by atoms with Gasteiger partial charge in [0, 0.05) is 22.1 Å². The van der Waals surface area contributed by atoms with Gasteiger partial charge in [-0.3, -0.25) is 0 Å². The molecule has 0 bridgehead atoms. The van der Waals surface area contributed by atoms with E-state index in [-0.39, 0.29) is 0 Å². The summed E-state index contributed by atoms with van der Waals surface area (Å²) in [5.74, 6) is 0.962. The Hall–Kier alpha value is -3.32. The first-order valence-corrected chi connectivity index (χ1v) is 13.1. The van der Waals surface area contributed by atoms with Crippen LogP contribution in [0, 0.1) is 20.8 Å². The summed E-state index contributed by atoms with van der Waals surface area (Å²) in [6.07, 6.45) is 4.45. The molecule has 4 aromatic rings. The van der Waals surface area contributed by atoms with E-state index in [1.54, 1.807) is 0 Å². The molecule has 35 heavy (non-hydrogen) atoms. The van der Waals surface area contributed by atoms with Crippen molar-refractivity contribution >= 4 is 16.8 Å². The Kier molecular flexibility index (Phi) is 10.3. The zero-order chi connectivity index (χ0) is 26.0. The molecule has 0 radical (unpaired) electrons. The normalized spacial score (nSPS) is 12.5. The van der Waals surface area contributed by atoms with Crippen molar-refractivity contribution in [3.63, 3.8) is 0 Å². The van der Waals surface area contributed by atoms with Crippen LogP contribution in [0.2, 0.25) is 0 Å². The Morgan fingerprint density at radius 1 is 0.600 bits per heavy atom. The van der Waals surface area contributed by atoms with Gasteiger partial charge in [-0.05, 0) is 37.8 Å². The van der Waals surface area contributed by atoms with Gasteiger partial charge in [-0.2, -0.15) is 0 Å². The summed E-state index contributed by atoms with van der Waals surface area (Å²) >= 11 is 0. The Labute approximate surface area is 213 Å². The van der Waals surface area contributed by atoms with Crippen LogP contribution in [0.1, 0.15) is 74.9 Å². The smallest absolute Gasteiger partial charge is 0.178 e. The molecule has 0 aromatic heterocycles. The third-order valence-corrected chi connectivity index (χ3v) is 5.96. The molecule has 1 aliphatic rings. The lowest BCUT2D eigenvalue weighted by molar-refractivity contribution is 0.163. The van der Waals surface area contributed by atoms with Gasteiger partial charge in [-0.1, -0.05) is 138 Å². The van der Waals surface area contributed by atoms with Crippen LogP contribution >= 0.6 is 0 Å². The lowest BCUT2D eigenvalue weighted by Crippen LogP contribution is -2.34. The molecule has 0 saturated heterocycles. The van der Waals surface area contributed by atoms with Gasteiger partial charge in [-0.25, -0.2) is 0 Å². The van der Waals surface area contributed by atoms with E-state index in [2.05, 4.69) is 112 Å². The number of ether oxygens (including phenoxy) is 1. The second kappa shape index (κ2) is 13.0. The predicted octanol–water partition coefficient (Wildman–Crippen LogP) is 10.2. The molecule has 0 N–H and O–H groups in total. The zero-order valence-corrected chi connectivity index (χ0v) is 23.1. The number of hydrogen-bond acceptors (Lipinski definition) is 1. The van der Waals surface area contributed by atoms with Crippen LogP contribution in [0.15, 0.2) is 84.9 Å². The van der Waals surface area contributed by atoms with Gasteiger partial charge in [0.2, 0.25) is 0 Å². The Morgan fingerprint density at radius 2 is 1.09 bits per heavy atom. The molecule has 4 aromatic carbocycles. The van der Waals surface area contributed by atoms with E-state index in [0.29, 0.717) is 0 Å². The summed E-state index contributed by atoms with van der Waals surface area (Å²) in [4.78, 5) is 0. The lowest BCUT2D eigenvalue weighted by Gasteiger charge is -2.37. The first kappa shape index (κ1) is 27.9. The van der Waals surface area contributed by atoms with Crippen molar-refractivity contribution in [2.45, 2.75) is 67.9 Å². The average Bonchev–Trinajstić information content (AvgIpc) is 2.93. The minimum Gasteiger partial charge on any atom is -0.472 e. The van der Waals surface area contributed by atoms with Gasteiger partial charge in [0.25, 0.3) is 0 Å². The molecule has 0 atom stereocenters. The van der Waals surface area contributed by atoms with Crippen molar-refractivity contribution in [1.82, 2.24) is 0 Å². The van der Waals surface area contributed by atoms with Crippen molar-refractivity contribution in [2.24, 2.45) is 0 Å². The molecule has 0 fully saturated rings. The van der Waals surface area contributed by atoms with Crippen LogP contribution in [0.3, 0.4) is 0 Å². The summed E-state index contributed by atoms with van der Waals surface area (Å²) in [5, 5.41) is 2.36. The van der Waals surface area contributed by atoms with E-state index in [4.69, 9.17) is 4.74 Å². The van der Waals surface area contributed by atoms with Gasteiger partial charge in [0.05, 0.1) is 0 Å². The second-order valence-electron chi connectivity index (χ2n) is 8.06. The van der Waals surface area contributed by atoms with Gasteiger partial charge in [-0.15, -0.1) is 0 Å². The summed E-state index contributed by atoms with van der Waals surface area (Å²) in [6, 6.07) is 28.1. The SMILES string of the molecule is CC.CC.CC.Cc1ccc(C2(c3ccc(C)cc3)C=Cc3c(C)cc4ccccc4c3O2)cc1. The molecule has 0 saturated carbocycles. The number of aryl methyl sites for hydroxylation is 3. The lowest BCUT2D eigenvalue weighted by atomic mass is 9.82. The highest BCUT2D eigenvalue weighted by atomic mass is 16.5. The van der Waals surface area contributed by atoms with Gasteiger partial charge < -0.3 is 4.74 Å². The summed E-state index contributed by atoms with van der Waals surface area (Å²) in [7, 11) is 0. The fourth-order valence-corrected chi connectivity index (χ4v) is 4.26. The van der Waals surface area contributed by atoms with Gasteiger partial charge in [0.15, 0.2) is 5.60 Å². The summed E-state index contributed by atoms with van der Waals surface area (Å²) in [6.45, 7) is 18.4. The third-order valence-electron chi connectivity index (χ3n) is 5.96. The number of rotatable bonds is 2. The predicted molar refractivity (Wildman–Crippen MR) is 156 cm³/mol. The summed E-state index contributed by atoms with van der Waals surface area (Å²) in [5.41, 5.74) is 6.52. The van der Waals surface area contributed by atoms with Crippen LogP contribution < -0.4 is 4.74 Å². The molecule has 1 heterocycles. The van der Waals surface area contributed by atoms with Crippen LogP contribution in [-0.2, 0) is 5.60 Å². The van der Waals surface area contributed by atoms with Crippen molar-refractivity contribution in [3.05, 3.63) is 118 Å². The molecule has 184 valence electrons. The second-order valence-corrected chi connectivity index (χ2v) is 8.06. The van der Waals surface area contributed by atoms with E-state index in [9.17, 15) is 0 Å². The quantitative estimate of drug-likeness (QED) is 0.285. The molecule has 5 rings (SSSR count). The molecular formula is C34H42O. The maximum atomic E-state index is 6.98. The number of fused-ring (bicyclic) bond motifs is 3. The van der Waals surface area contributed by atoms with Crippen molar-refractivity contribution in [2.75, 3.05) is 0 Å². The maximum Gasteiger partial charge on any atom is 0.178 e. The third kappa shape index (κ3) is 5.68. The van der Waals surface area contributed by atoms with Gasteiger partial charge in [0.1, 0.15) is 5.75 Å². The standard InChI is InChI=1S/C28H24O.3C2H6/c1-19-8-12-23(13-9-19)28(24-14-10-20(2)11-15-24)17-16-25-21(3)18-22-6-4-5-7-26(22)27(25)29-28;3*1-2/h4-18H,1-3H3;3*1-2H3. The van der Waals surface area contributed by atoms with Gasteiger partial charge >= 0.3 is 0 Å². The molecular weight excluding hydrogens is 424 g/mol. The largest absolute Gasteiger partial charge is 0.472 e. The minimum absolute atomic E-state index is 0.648. The highest BCUT2D eigenvalue weighted by Crippen LogP contribution is 2.46. The van der Waals surface area contributed by atoms with Crippen molar-refractivity contribution in [3.8, 4) is 5.75 Å². The molecule has 1 aliphatic heterocycles. The van der Waals surface area contributed by atoms with E-state index in [1.807, 2.05) is 41.5 Å². The van der Waals surface area contributed by atoms with E-state index in [0.717, 1.165) is 22.3 Å². The molecule has 0 amide bonds. The van der Waals surface area contributed by atoms with Crippen LogP contribution in [0.4, 0.5) is 0 Å². The number of benzene rings is 4. The summed E-state index contributed by atoms with van der Waals surface area (Å²) < 4.78 is 6.98. The molecule has 1 nitrogen and oxygen atoms in total. The fourth-order valence-electron chi connectivity index (χ4n) is 4.26. The first-order valence-electron chi connectivity index (χ1n) is 13.1. The highest BCUT2D eigenvalue weighted by Gasteiger charge is 2.37. The topological polar surface area (TPSA) is 9.23 Å².